The van der Waals surface area contributed by atoms with Crippen molar-refractivity contribution in [1.29, 1.82) is 0 Å². The highest BCUT2D eigenvalue weighted by atomic mass is 19.4. The number of rotatable bonds is 6. The molecule has 0 saturated carbocycles. The predicted molar refractivity (Wildman–Crippen MR) is 66.4 cm³/mol. The highest BCUT2D eigenvalue weighted by molar-refractivity contribution is 5.58. The normalized spacial score (nSPS) is 12.9. The summed E-state index contributed by atoms with van der Waals surface area (Å²) in [6.45, 7) is 3.28. The maximum absolute atomic E-state index is 12.5. The quantitative estimate of drug-likeness (QED) is 0.645. The lowest BCUT2D eigenvalue weighted by Crippen LogP contribution is -2.20. The van der Waals surface area contributed by atoms with Crippen molar-refractivity contribution in [3.05, 3.63) is 27.8 Å². The van der Waals surface area contributed by atoms with Gasteiger partial charge in [-0.1, -0.05) is 0 Å². The first-order valence-corrected chi connectivity index (χ1v) is 6.05. The van der Waals surface area contributed by atoms with Crippen LogP contribution >= 0.6 is 0 Å². The van der Waals surface area contributed by atoms with Crippen LogP contribution in [0.1, 0.15) is 25.5 Å². The largest absolute Gasteiger partial charge is 0.490 e. The van der Waals surface area contributed by atoms with Gasteiger partial charge in [-0.15, -0.1) is 0 Å². The Labute approximate surface area is 118 Å². The second kappa shape index (κ2) is 6.61. The van der Waals surface area contributed by atoms with Crippen LogP contribution in [-0.2, 0) is 0 Å². The van der Waals surface area contributed by atoms with Gasteiger partial charge in [0.1, 0.15) is 0 Å². The molecule has 1 rings (SSSR count). The number of ether oxygens (including phenoxy) is 2. The number of nitro groups is 1. The van der Waals surface area contributed by atoms with Gasteiger partial charge in [0.2, 0.25) is 5.75 Å². The third-order valence-corrected chi connectivity index (χ3v) is 2.47. The van der Waals surface area contributed by atoms with Crippen LogP contribution in [0.2, 0.25) is 0 Å². The average Bonchev–Trinajstić information content (AvgIpc) is 2.38. The van der Waals surface area contributed by atoms with Gasteiger partial charge in [0.05, 0.1) is 18.1 Å². The fraction of sp³-hybridized carbons (Fsp3) is 0.500. The molecule has 0 aliphatic carbocycles. The van der Waals surface area contributed by atoms with Crippen LogP contribution in [0.15, 0.2) is 12.1 Å². The van der Waals surface area contributed by atoms with Gasteiger partial charge < -0.3 is 14.6 Å². The predicted octanol–water partition coefficient (Wildman–Crippen LogP) is 2.99. The van der Waals surface area contributed by atoms with E-state index in [1.807, 2.05) is 0 Å². The maximum Gasteiger partial charge on any atom is 0.418 e. The lowest BCUT2D eigenvalue weighted by atomic mass is 10.1. The molecule has 0 radical (unpaired) electrons. The number of alkyl halides is 3. The van der Waals surface area contributed by atoms with Gasteiger partial charge in [-0.05, 0) is 19.9 Å². The van der Waals surface area contributed by atoms with Crippen molar-refractivity contribution in [1.82, 2.24) is 0 Å². The summed E-state index contributed by atoms with van der Waals surface area (Å²) >= 11 is 0. The Balaban J connectivity index is 3.46. The Morgan fingerprint density at radius 3 is 2.29 bits per heavy atom. The third-order valence-electron chi connectivity index (χ3n) is 2.47. The third kappa shape index (κ3) is 3.97. The zero-order chi connectivity index (χ0) is 16.2. The number of benzene rings is 1. The number of nitrogens with zero attached hydrogens (tertiary/aromatic N) is 1. The van der Waals surface area contributed by atoms with Crippen LogP contribution in [0.4, 0.5) is 18.9 Å². The number of nitro benzene ring substituents is 1. The zero-order valence-electron chi connectivity index (χ0n) is 11.3. The Kier molecular flexibility index (Phi) is 5.36. The Bertz CT molecular complexity index is 518. The molecule has 6 nitrogen and oxygen atoms in total. The van der Waals surface area contributed by atoms with Gasteiger partial charge in [0.15, 0.2) is 11.9 Å². The Hall–Kier alpha value is -2.03. The van der Waals surface area contributed by atoms with E-state index in [0.717, 1.165) is 6.07 Å². The highest BCUT2D eigenvalue weighted by Gasteiger charge is 2.41. The second-order valence-corrected chi connectivity index (χ2v) is 3.93. The van der Waals surface area contributed by atoms with E-state index in [9.17, 15) is 28.4 Å². The minimum Gasteiger partial charge on any atom is -0.490 e. The molecular weight excluding hydrogens is 295 g/mol. The van der Waals surface area contributed by atoms with Crippen molar-refractivity contribution in [2.45, 2.75) is 26.1 Å². The molecule has 0 fully saturated rings. The molecule has 0 aliphatic rings. The summed E-state index contributed by atoms with van der Waals surface area (Å²) in [7, 11) is 0. The van der Waals surface area contributed by atoms with Gasteiger partial charge in [-0.25, -0.2) is 0 Å². The van der Waals surface area contributed by atoms with Crippen LogP contribution < -0.4 is 9.47 Å². The highest BCUT2D eigenvalue weighted by Crippen LogP contribution is 2.42. The van der Waals surface area contributed by atoms with Crippen LogP contribution in [0.25, 0.3) is 0 Å². The number of aliphatic hydroxyl groups is 1. The van der Waals surface area contributed by atoms with Gasteiger partial charge in [-0.3, -0.25) is 10.1 Å². The molecule has 1 unspecified atom stereocenters. The lowest BCUT2D eigenvalue weighted by Gasteiger charge is -2.17. The van der Waals surface area contributed by atoms with E-state index in [2.05, 4.69) is 0 Å². The van der Waals surface area contributed by atoms with Gasteiger partial charge in [0.25, 0.3) is 0 Å². The van der Waals surface area contributed by atoms with Crippen LogP contribution in [0, 0.1) is 10.1 Å². The summed E-state index contributed by atoms with van der Waals surface area (Å²) in [6.07, 6.45) is -7.78. The summed E-state index contributed by atoms with van der Waals surface area (Å²) in [5, 5.41) is 20.2. The van der Waals surface area contributed by atoms with Crippen molar-refractivity contribution in [3.63, 3.8) is 0 Å². The van der Waals surface area contributed by atoms with Crippen molar-refractivity contribution >= 4 is 5.69 Å². The molecule has 0 aliphatic heterocycles. The minimum atomic E-state index is -4.94. The number of hydrogen-bond acceptors (Lipinski definition) is 5. The monoisotopic (exact) mass is 309 g/mol. The Morgan fingerprint density at radius 1 is 1.29 bits per heavy atom. The maximum atomic E-state index is 12.5. The minimum absolute atomic E-state index is 0.0715. The molecule has 1 atom stereocenters. The van der Waals surface area contributed by atoms with E-state index >= 15 is 0 Å². The van der Waals surface area contributed by atoms with Crippen LogP contribution in [0.5, 0.6) is 11.5 Å². The molecule has 0 bridgehead atoms. The molecular formula is C12H14F3NO5. The van der Waals surface area contributed by atoms with E-state index in [1.165, 1.54) is 0 Å². The smallest absolute Gasteiger partial charge is 0.418 e. The first-order chi connectivity index (χ1) is 9.72. The fourth-order valence-corrected chi connectivity index (χ4v) is 1.64. The summed E-state index contributed by atoms with van der Waals surface area (Å²) < 4.78 is 47.8. The molecule has 9 heteroatoms. The SMILES string of the molecule is CCOc1cc(C(O)C(F)(F)F)cc([N+](=O)[O-])c1OCC. The number of halogens is 3. The van der Waals surface area contributed by atoms with E-state index < -0.39 is 28.5 Å². The molecule has 118 valence electrons. The standard InChI is InChI=1S/C12H14F3NO5/c1-3-20-9-6-7(11(17)12(13,14)15)5-8(16(18)19)10(9)21-4-2/h5-6,11,17H,3-4H2,1-2H3. The number of aliphatic hydroxyl groups excluding tert-OH is 1. The Morgan fingerprint density at radius 2 is 1.86 bits per heavy atom. The van der Waals surface area contributed by atoms with Crippen molar-refractivity contribution in [2.75, 3.05) is 13.2 Å². The van der Waals surface area contributed by atoms with Crippen LogP contribution in [0.3, 0.4) is 0 Å². The van der Waals surface area contributed by atoms with E-state index in [4.69, 9.17) is 9.47 Å². The van der Waals surface area contributed by atoms with Gasteiger partial charge in [0, 0.05) is 11.6 Å². The van der Waals surface area contributed by atoms with Gasteiger partial charge >= 0.3 is 11.9 Å². The first-order valence-electron chi connectivity index (χ1n) is 6.05. The summed E-state index contributed by atoms with van der Waals surface area (Å²) in [6, 6.07) is 1.52. The molecule has 0 saturated heterocycles. The van der Waals surface area contributed by atoms with E-state index in [0.29, 0.717) is 6.07 Å². The van der Waals surface area contributed by atoms with Crippen molar-refractivity contribution in [3.8, 4) is 11.5 Å². The van der Waals surface area contributed by atoms with Crippen LogP contribution in [-0.4, -0.2) is 29.4 Å². The molecule has 0 amide bonds. The number of hydrogen-bond donors (Lipinski definition) is 1. The molecule has 21 heavy (non-hydrogen) atoms. The topological polar surface area (TPSA) is 81.8 Å². The lowest BCUT2D eigenvalue weighted by molar-refractivity contribution is -0.386. The zero-order valence-corrected chi connectivity index (χ0v) is 11.3. The first kappa shape index (κ1) is 17.0. The van der Waals surface area contributed by atoms with E-state index in [-0.39, 0.29) is 24.7 Å². The molecule has 0 aromatic heterocycles. The molecule has 0 heterocycles. The summed E-state index contributed by atoms with van der Waals surface area (Å²) in [4.78, 5) is 10.1. The molecule has 1 aromatic carbocycles. The van der Waals surface area contributed by atoms with Crippen molar-refractivity contribution < 1.29 is 32.7 Å². The molecule has 0 spiro atoms. The van der Waals surface area contributed by atoms with E-state index in [1.54, 1.807) is 13.8 Å². The summed E-state index contributed by atoms with van der Waals surface area (Å²) in [5.74, 6) is -0.477. The fourth-order valence-electron chi connectivity index (χ4n) is 1.64. The van der Waals surface area contributed by atoms with Gasteiger partial charge in [-0.2, -0.15) is 13.2 Å². The molecule has 1 aromatic rings. The average molecular weight is 309 g/mol. The molecule has 1 N–H and O–H groups in total. The van der Waals surface area contributed by atoms with Crippen molar-refractivity contribution in [2.24, 2.45) is 0 Å². The second-order valence-electron chi connectivity index (χ2n) is 3.93. The summed E-state index contributed by atoms with van der Waals surface area (Å²) in [5.41, 5.74) is -1.37.